The predicted molar refractivity (Wildman–Crippen MR) is 137 cm³/mol. The molecule has 0 saturated carbocycles. The Morgan fingerprint density at radius 1 is 1.05 bits per heavy atom. The van der Waals surface area contributed by atoms with Gasteiger partial charge in [0.2, 0.25) is 23.5 Å². The summed E-state index contributed by atoms with van der Waals surface area (Å²) < 4.78 is 16.1. The van der Waals surface area contributed by atoms with E-state index < -0.39 is 0 Å². The Labute approximate surface area is 215 Å². The summed E-state index contributed by atoms with van der Waals surface area (Å²) in [4.78, 5) is 33.3. The van der Waals surface area contributed by atoms with Crippen LogP contribution in [0, 0.1) is 5.92 Å². The Balaban J connectivity index is 1.11. The number of piperidine rings is 1. The maximum Gasteiger partial charge on any atom is 0.241 e. The second kappa shape index (κ2) is 11.0. The fraction of sp³-hybridized carbons (Fsp3) is 0.407. The van der Waals surface area contributed by atoms with Gasteiger partial charge in [0.05, 0.1) is 20.8 Å². The molecule has 37 heavy (non-hydrogen) atoms. The third kappa shape index (κ3) is 5.59. The summed E-state index contributed by atoms with van der Waals surface area (Å²) in [5, 5.41) is 7.14. The quantitative estimate of drug-likeness (QED) is 0.493. The van der Waals surface area contributed by atoms with Crippen LogP contribution in [0.2, 0.25) is 0 Å². The van der Waals surface area contributed by atoms with Crippen molar-refractivity contribution in [1.29, 1.82) is 0 Å². The number of carbonyl (C=O) groups excluding carboxylic acids is 2. The molecule has 2 saturated heterocycles. The number of likely N-dealkylation sites (tertiary alicyclic amines) is 1. The summed E-state index contributed by atoms with van der Waals surface area (Å²) in [6, 6.07) is 13.0. The van der Waals surface area contributed by atoms with Gasteiger partial charge in [0, 0.05) is 35.8 Å². The van der Waals surface area contributed by atoms with Gasteiger partial charge in [0.15, 0.2) is 11.5 Å². The minimum absolute atomic E-state index is 0.0261. The second-order valence-corrected chi connectivity index (χ2v) is 9.32. The van der Waals surface area contributed by atoms with Crippen LogP contribution in [0.25, 0.3) is 11.4 Å². The minimum atomic E-state index is -0.0545. The fourth-order valence-electron chi connectivity index (χ4n) is 4.85. The lowest BCUT2D eigenvalue weighted by Crippen LogP contribution is -2.37. The van der Waals surface area contributed by atoms with Crippen LogP contribution in [0.5, 0.6) is 11.5 Å². The van der Waals surface area contributed by atoms with Crippen molar-refractivity contribution < 1.29 is 23.6 Å². The van der Waals surface area contributed by atoms with Crippen molar-refractivity contribution >= 4 is 23.2 Å². The van der Waals surface area contributed by atoms with E-state index in [0.717, 1.165) is 55.8 Å². The molecule has 2 fully saturated rings. The first kappa shape index (κ1) is 24.8. The molecule has 2 amide bonds. The number of hydrogen-bond donors (Lipinski definition) is 1. The summed E-state index contributed by atoms with van der Waals surface area (Å²) in [6.07, 6.45) is 3.00. The molecule has 10 nitrogen and oxygen atoms in total. The molecular formula is C27H31N5O5. The highest BCUT2D eigenvalue weighted by Gasteiger charge is 2.27. The van der Waals surface area contributed by atoms with Gasteiger partial charge in [-0.2, -0.15) is 4.98 Å². The summed E-state index contributed by atoms with van der Waals surface area (Å²) in [6.45, 7) is 2.82. The molecule has 194 valence electrons. The summed E-state index contributed by atoms with van der Waals surface area (Å²) in [7, 11) is 3.18. The number of ether oxygens (including phenoxy) is 2. The normalized spacial score (nSPS) is 16.7. The fourth-order valence-corrected chi connectivity index (χ4v) is 4.85. The van der Waals surface area contributed by atoms with Gasteiger partial charge in [-0.15, -0.1) is 0 Å². The van der Waals surface area contributed by atoms with Crippen LogP contribution in [-0.2, 0) is 16.1 Å². The van der Waals surface area contributed by atoms with Crippen LogP contribution in [0.1, 0.15) is 31.6 Å². The molecule has 3 aromatic rings. The van der Waals surface area contributed by atoms with Crippen LogP contribution in [0.4, 0.5) is 11.4 Å². The van der Waals surface area contributed by atoms with Crippen LogP contribution in [0.3, 0.4) is 0 Å². The number of hydrogen-bond acceptors (Lipinski definition) is 8. The molecule has 0 bridgehead atoms. The van der Waals surface area contributed by atoms with Crippen molar-refractivity contribution in [3.8, 4) is 22.9 Å². The molecule has 5 rings (SSSR count). The van der Waals surface area contributed by atoms with Gasteiger partial charge in [-0.3, -0.25) is 14.5 Å². The van der Waals surface area contributed by atoms with Crippen molar-refractivity contribution in [2.45, 2.75) is 32.2 Å². The van der Waals surface area contributed by atoms with Gasteiger partial charge in [-0.05, 0) is 74.8 Å². The van der Waals surface area contributed by atoms with Crippen molar-refractivity contribution in [2.75, 3.05) is 44.1 Å². The zero-order valence-corrected chi connectivity index (χ0v) is 21.1. The van der Waals surface area contributed by atoms with E-state index in [9.17, 15) is 9.59 Å². The van der Waals surface area contributed by atoms with Crippen LogP contribution in [0.15, 0.2) is 47.0 Å². The second-order valence-electron chi connectivity index (χ2n) is 9.32. The molecule has 2 aromatic carbocycles. The number of aromatic nitrogens is 2. The van der Waals surface area contributed by atoms with E-state index in [0.29, 0.717) is 36.2 Å². The van der Waals surface area contributed by atoms with Gasteiger partial charge in [0.1, 0.15) is 0 Å². The molecule has 0 spiro atoms. The Hall–Kier alpha value is -3.92. The standard InChI is InChI=1S/C27H31N5O5/c1-35-22-10-5-19(16-23(22)36-2)26-29-24(37-30-26)17-31-14-11-18(12-15-31)27(34)28-20-6-8-21(9-7-20)32-13-3-4-25(32)33/h5-10,16,18H,3-4,11-15,17H2,1-2H3,(H,28,34). The first-order chi connectivity index (χ1) is 18.0. The molecule has 3 heterocycles. The van der Waals surface area contributed by atoms with Crippen molar-refractivity contribution in [2.24, 2.45) is 5.92 Å². The Morgan fingerprint density at radius 2 is 1.81 bits per heavy atom. The molecule has 10 heteroatoms. The van der Waals surface area contributed by atoms with E-state index in [4.69, 9.17) is 14.0 Å². The Kier molecular flexibility index (Phi) is 7.36. The zero-order valence-electron chi connectivity index (χ0n) is 21.1. The molecule has 1 aromatic heterocycles. The smallest absolute Gasteiger partial charge is 0.241 e. The van der Waals surface area contributed by atoms with Gasteiger partial charge < -0.3 is 24.2 Å². The number of methoxy groups -OCH3 is 2. The molecule has 0 atom stereocenters. The van der Waals surface area contributed by atoms with Crippen LogP contribution >= 0.6 is 0 Å². The number of rotatable bonds is 8. The SMILES string of the molecule is COc1ccc(-c2noc(CN3CCC(C(=O)Nc4ccc(N5CCCC5=O)cc4)CC3)n2)cc1OC. The van der Waals surface area contributed by atoms with E-state index in [1.807, 2.05) is 42.5 Å². The van der Waals surface area contributed by atoms with Gasteiger partial charge in [-0.25, -0.2) is 0 Å². The summed E-state index contributed by atoms with van der Waals surface area (Å²) >= 11 is 0. The average molecular weight is 506 g/mol. The van der Waals surface area contributed by atoms with E-state index in [2.05, 4.69) is 20.4 Å². The molecule has 2 aliphatic rings. The largest absolute Gasteiger partial charge is 0.493 e. The predicted octanol–water partition coefficient (Wildman–Crippen LogP) is 3.73. The average Bonchev–Trinajstić information content (AvgIpc) is 3.58. The van der Waals surface area contributed by atoms with E-state index in [1.54, 1.807) is 19.1 Å². The third-order valence-electron chi connectivity index (χ3n) is 6.95. The first-order valence-electron chi connectivity index (χ1n) is 12.5. The van der Waals surface area contributed by atoms with Gasteiger partial charge >= 0.3 is 0 Å². The zero-order chi connectivity index (χ0) is 25.8. The first-order valence-corrected chi connectivity index (χ1v) is 12.5. The molecule has 1 N–H and O–H groups in total. The Bertz CT molecular complexity index is 1250. The lowest BCUT2D eigenvalue weighted by Gasteiger charge is -2.30. The van der Waals surface area contributed by atoms with Gasteiger partial charge in [-0.1, -0.05) is 5.16 Å². The highest BCUT2D eigenvalue weighted by atomic mass is 16.5. The molecule has 2 aliphatic heterocycles. The van der Waals surface area contributed by atoms with E-state index in [-0.39, 0.29) is 17.7 Å². The molecule has 0 aliphatic carbocycles. The molecule has 0 radical (unpaired) electrons. The molecular weight excluding hydrogens is 474 g/mol. The number of anilines is 2. The van der Waals surface area contributed by atoms with E-state index >= 15 is 0 Å². The maximum atomic E-state index is 12.8. The van der Waals surface area contributed by atoms with Crippen molar-refractivity contribution in [3.63, 3.8) is 0 Å². The van der Waals surface area contributed by atoms with Crippen LogP contribution in [-0.4, -0.2) is 60.7 Å². The lowest BCUT2D eigenvalue weighted by molar-refractivity contribution is -0.121. The van der Waals surface area contributed by atoms with Crippen molar-refractivity contribution in [1.82, 2.24) is 15.0 Å². The highest BCUT2D eigenvalue weighted by molar-refractivity contribution is 5.96. The maximum absolute atomic E-state index is 12.8. The van der Waals surface area contributed by atoms with Gasteiger partial charge in [0.25, 0.3) is 0 Å². The summed E-state index contributed by atoms with van der Waals surface area (Å²) in [5.41, 5.74) is 2.41. The number of amides is 2. The minimum Gasteiger partial charge on any atom is -0.493 e. The Morgan fingerprint density at radius 3 is 2.49 bits per heavy atom. The monoisotopic (exact) mass is 505 g/mol. The highest BCUT2D eigenvalue weighted by Crippen LogP contribution is 2.31. The number of nitrogens with one attached hydrogen (secondary N) is 1. The van der Waals surface area contributed by atoms with E-state index in [1.165, 1.54) is 0 Å². The van der Waals surface area contributed by atoms with Crippen molar-refractivity contribution in [3.05, 3.63) is 48.4 Å². The number of carbonyl (C=O) groups is 2. The number of benzene rings is 2. The molecule has 0 unspecified atom stereocenters. The number of nitrogens with zero attached hydrogens (tertiary/aromatic N) is 4. The summed E-state index contributed by atoms with van der Waals surface area (Å²) in [5.74, 6) is 2.39. The lowest BCUT2D eigenvalue weighted by atomic mass is 9.96. The topological polar surface area (TPSA) is 110 Å². The van der Waals surface area contributed by atoms with Crippen LogP contribution < -0.4 is 19.7 Å². The third-order valence-corrected chi connectivity index (χ3v) is 6.95.